The van der Waals surface area contributed by atoms with Crippen molar-refractivity contribution >= 4 is 19.8 Å². The highest BCUT2D eigenvalue weighted by Gasteiger charge is 2.51. The molecule has 1 saturated carbocycles. The monoisotopic (exact) mass is 949 g/mol. The summed E-state index contributed by atoms with van der Waals surface area (Å²) in [6.45, 7) is 2.97. The number of aliphatic hydroxyl groups excluding tert-OH is 6. The zero-order valence-corrected chi connectivity index (χ0v) is 40.2. The largest absolute Gasteiger partial charge is 0.472 e. The topological polar surface area (TPSA) is 230 Å². The first-order valence-corrected chi connectivity index (χ1v) is 25.3. The number of phosphoric acid groups is 1. The molecular formula is C51H81O14P. The molecule has 15 heteroatoms. The number of hydrogen-bond acceptors (Lipinski definition) is 13. The van der Waals surface area contributed by atoms with Crippen LogP contribution in [0.5, 0.6) is 0 Å². The average molecular weight is 949 g/mol. The normalized spacial score (nSPS) is 22.7. The molecule has 374 valence electrons. The Morgan fingerprint density at radius 2 is 1.06 bits per heavy atom. The molecule has 14 nitrogen and oxygen atoms in total. The average Bonchev–Trinajstić information content (AvgIpc) is 3.29. The molecule has 0 spiro atoms. The molecule has 1 aliphatic carbocycles. The van der Waals surface area contributed by atoms with E-state index in [4.69, 9.17) is 18.5 Å². The molecule has 0 amide bonds. The van der Waals surface area contributed by atoms with E-state index in [2.05, 4.69) is 74.6 Å². The van der Waals surface area contributed by atoms with Crippen LogP contribution in [0.3, 0.4) is 0 Å². The SMILES string of the molecule is CC/C=C\C/C=C\C/C=C\C/C=C\C/C=C\CCCCCC(=O)O[C@H](COC(=O)CCC/C=C\C/C=C\C/C=C\C=C\[C@H](O)CCCCC)COP(=O)(O)OC1[C@H](O)[C@H](O)C(O)[C@H](O)[C@H]1O. The van der Waals surface area contributed by atoms with Crippen LogP contribution in [0.25, 0.3) is 0 Å². The first-order valence-electron chi connectivity index (χ1n) is 23.8. The lowest BCUT2D eigenvalue weighted by Crippen LogP contribution is -2.64. The zero-order chi connectivity index (χ0) is 48.7. The van der Waals surface area contributed by atoms with Crippen molar-refractivity contribution in [2.24, 2.45) is 0 Å². The van der Waals surface area contributed by atoms with Gasteiger partial charge in [-0.15, -0.1) is 0 Å². The Labute approximate surface area is 394 Å². The molecule has 0 bridgehead atoms. The lowest BCUT2D eigenvalue weighted by molar-refractivity contribution is -0.220. The minimum Gasteiger partial charge on any atom is -0.462 e. The summed E-state index contributed by atoms with van der Waals surface area (Å²) < 4.78 is 33.4. The predicted molar refractivity (Wildman–Crippen MR) is 259 cm³/mol. The summed E-state index contributed by atoms with van der Waals surface area (Å²) in [7, 11) is -5.16. The maximum Gasteiger partial charge on any atom is 0.472 e. The first-order chi connectivity index (χ1) is 31.8. The second-order valence-corrected chi connectivity index (χ2v) is 17.5. The van der Waals surface area contributed by atoms with Crippen LogP contribution < -0.4 is 0 Å². The van der Waals surface area contributed by atoms with Crippen LogP contribution in [-0.2, 0) is 32.7 Å². The number of carbonyl (C=O) groups is 2. The number of esters is 2. The van der Waals surface area contributed by atoms with E-state index in [0.717, 1.165) is 89.9 Å². The predicted octanol–water partition coefficient (Wildman–Crippen LogP) is 8.58. The highest BCUT2D eigenvalue weighted by atomic mass is 31.2. The fourth-order valence-electron chi connectivity index (χ4n) is 6.36. The zero-order valence-electron chi connectivity index (χ0n) is 39.3. The molecule has 7 N–H and O–H groups in total. The van der Waals surface area contributed by atoms with E-state index in [1.807, 2.05) is 42.5 Å². The van der Waals surface area contributed by atoms with Crippen molar-refractivity contribution in [2.75, 3.05) is 13.2 Å². The second kappa shape index (κ2) is 39.5. The molecule has 0 radical (unpaired) electrons. The number of phosphoric ester groups is 1. The molecule has 0 heterocycles. The van der Waals surface area contributed by atoms with Gasteiger partial charge >= 0.3 is 19.8 Å². The quantitative estimate of drug-likeness (QED) is 0.0102. The Kier molecular flexibility index (Phi) is 36.2. The van der Waals surface area contributed by atoms with E-state index in [-0.39, 0.29) is 12.8 Å². The summed E-state index contributed by atoms with van der Waals surface area (Å²) >= 11 is 0. The summed E-state index contributed by atoms with van der Waals surface area (Å²) in [5.41, 5.74) is 0. The molecule has 0 aromatic heterocycles. The van der Waals surface area contributed by atoms with Gasteiger partial charge in [-0.2, -0.15) is 0 Å². The lowest BCUT2D eigenvalue weighted by Gasteiger charge is -2.41. The molecule has 9 atom stereocenters. The van der Waals surface area contributed by atoms with Crippen LogP contribution >= 0.6 is 7.82 Å². The van der Waals surface area contributed by atoms with Gasteiger partial charge in [-0.25, -0.2) is 4.57 Å². The van der Waals surface area contributed by atoms with Crippen molar-refractivity contribution in [1.82, 2.24) is 0 Å². The third-order valence-electron chi connectivity index (χ3n) is 10.2. The minimum atomic E-state index is -5.16. The number of allylic oxidation sites excluding steroid dienone is 17. The highest BCUT2D eigenvalue weighted by molar-refractivity contribution is 7.47. The van der Waals surface area contributed by atoms with Gasteiger partial charge in [-0.1, -0.05) is 149 Å². The lowest BCUT2D eigenvalue weighted by atomic mass is 9.85. The Morgan fingerprint density at radius 3 is 1.62 bits per heavy atom. The van der Waals surface area contributed by atoms with Gasteiger partial charge in [0.15, 0.2) is 6.10 Å². The minimum absolute atomic E-state index is 0.0296. The molecule has 3 unspecified atom stereocenters. The Morgan fingerprint density at radius 1 is 0.561 bits per heavy atom. The number of aliphatic hydroxyl groups is 6. The number of unbranched alkanes of at least 4 members (excludes halogenated alkanes) is 6. The van der Waals surface area contributed by atoms with Gasteiger partial charge in [0.05, 0.1) is 12.7 Å². The van der Waals surface area contributed by atoms with Gasteiger partial charge in [0, 0.05) is 12.8 Å². The van der Waals surface area contributed by atoms with Crippen molar-refractivity contribution in [3.05, 3.63) is 109 Å². The van der Waals surface area contributed by atoms with E-state index in [1.54, 1.807) is 6.08 Å². The fraction of sp³-hybridized carbons (Fsp3) is 0.608. The van der Waals surface area contributed by atoms with Gasteiger partial charge in [0.1, 0.15) is 43.2 Å². The summed E-state index contributed by atoms with van der Waals surface area (Å²) in [5.74, 6) is -1.24. The molecule has 0 aliphatic heterocycles. The smallest absolute Gasteiger partial charge is 0.462 e. The van der Waals surface area contributed by atoms with E-state index in [9.17, 15) is 49.7 Å². The van der Waals surface area contributed by atoms with Gasteiger partial charge < -0.3 is 45.0 Å². The van der Waals surface area contributed by atoms with E-state index in [1.165, 1.54) is 0 Å². The van der Waals surface area contributed by atoms with Gasteiger partial charge in [0.2, 0.25) is 0 Å². The molecule has 1 rings (SSSR count). The van der Waals surface area contributed by atoms with Gasteiger partial charge in [-0.05, 0) is 83.5 Å². The molecule has 66 heavy (non-hydrogen) atoms. The summed E-state index contributed by atoms with van der Waals surface area (Å²) in [6.07, 6.45) is 37.5. The van der Waals surface area contributed by atoms with Crippen LogP contribution in [0.4, 0.5) is 0 Å². The molecular weight excluding hydrogens is 868 g/mol. The van der Waals surface area contributed by atoms with Crippen molar-refractivity contribution < 1.29 is 68.2 Å². The Balaban J connectivity index is 2.54. The van der Waals surface area contributed by atoms with Crippen LogP contribution in [-0.4, -0.2) is 110 Å². The third-order valence-corrected chi connectivity index (χ3v) is 11.2. The van der Waals surface area contributed by atoms with Crippen molar-refractivity contribution in [2.45, 2.75) is 185 Å². The van der Waals surface area contributed by atoms with Gasteiger partial charge in [-0.3, -0.25) is 18.6 Å². The maximum absolute atomic E-state index is 12.8. The molecule has 0 saturated heterocycles. The van der Waals surface area contributed by atoms with E-state index < -0.39 is 81.8 Å². The van der Waals surface area contributed by atoms with Crippen molar-refractivity contribution in [1.29, 1.82) is 0 Å². The number of ether oxygens (including phenoxy) is 2. The molecule has 1 fully saturated rings. The van der Waals surface area contributed by atoms with Crippen LogP contribution in [0.15, 0.2) is 109 Å². The van der Waals surface area contributed by atoms with Crippen molar-refractivity contribution in [3.8, 4) is 0 Å². The van der Waals surface area contributed by atoms with Crippen LogP contribution in [0.1, 0.15) is 136 Å². The number of rotatable bonds is 37. The second-order valence-electron chi connectivity index (χ2n) is 16.1. The van der Waals surface area contributed by atoms with E-state index in [0.29, 0.717) is 19.3 Å². The van der Waals surface area contributed by atoms with Gasteiger partial charge in [0.25, 0.3) is 0 Å². The molecule has 1 aliphatic rings. The number of carbonyl (C=O) groups excluding carboxylic acids is 2. The Bertz CT molecular complexity index is 1580. The number of hydrogen-bond donors (Lipinski definition) is 7. The van der Waals surface area contributed by atoms with Crippen LogP contribution in [0, 0.1) is 0 Å². The molecule has 0 aromatic carbocycles. The Hall–Kier alpha value is -3.53. The maximum atomic E-state index is 12.8. The summed E-state index contributed by atoms with van der Waals surface area (Å²) in [6, 6.07) is 0. The third kappa shape index (κ3) is 31.4. The van der Waals surface area contributed by atoms with Crippen molar-refractivity contribution in [3.63, 3.8) is 0 Å². The van der Waals surface area contributed by atoms with E-state index >= 15 is 0 Å². The summed E-state index contributed by atoms with van der Waals surface area (Å²) in [5, 5.41) is 60.1. The first kappa shape index (κ1) is 60.5. The standard InChI is InChI=1S/C51H81O14P/c1-3-5-7-8-9-10-11-12-13-14-15-16-17-18-21-25-28-31-35-39-45(54)64-43(41-63-66(60,61)65-51-49(58)47(56)46(55)48(57)50(51)59)40-62-44(53)38-34-30-27-24-22-19-20-23-26-29-33-37-42(52)36-32-6-4-2/h5,7,9-10,12-13,15-16,18-21,24,26-27,29,33,37,42-43,46-52,55-59H,3-4,6,8,11,14,17,22-23,25,28,30-32,34-36,38-41H2,1-2H3,(H,60,61)/b7-5-,10-9-,13-12-,16-15-,20-19-,21-18-,27-24-,29-26-,37-33+/t42-,43-,46?,47-,48+,49-,50-,51?/m1/s1. The summed E-state index contributed by atoms with van der Waals surface area (Å²) in [4.78, 5) is 35.7. The highest BCUT2D eigenvalue weighted by Crippen LogP contribution is 2.47. The molecule has 0 aromatic rings. The van der Waals surface area contributed by atoms with Crippen LogP contribution in [0.2, 0.25) is 0 Å². The fourth-order valence-corrected chi connectivity index (χ4v) is 7.33.